The molecule has 1 unspecified atom stereocenters. The number of hydrogen-bond donors (Lipinski definition) is 2. The summed E-state index contributed by atoms with van der Waals surface area (Å²) in [6.45, 7) is 10.1. The third kappa shape index (κ3) is 5.69. The second-order valence-corrected chi connectivity index (χ2v) is 7.39. The van der Waals surface area contributed by atoms with Gasteiger partial charge in [-0.25, -0.2) is 4.99 Å². The second-order valence-electron chi connectivity index (χ2n) is 7.39. The number of carbonyl (C=O) groups excluding carboxylic acids is 1. The standard InChI is InChI=1S/C19H35N7O/c1-7-26-10-8-9-16(26)11-20-19(22-13-18(27)24(4)5)21-12-17-14(2)23-25(6)15(17)3/h16H,7-13H2,1-6H3,(H2,20,21,22). The van der Waals surface area contributed by atoms with E-state index in [-0.39, 0.29) is 12.5 Å². The average molecular weight is 378 g/mol. The minimum absolute atomic E-state index is 0.0225. The summed E-state index contributed by atoms with van der Waals surface area (Å²) in [7, 11) is 5.46. The zero-order chi connectivity index (χ0) is 20.0. The fraction of sp³-hybridized carbons (Fsp3) is 0.737. The van der Waals surface area contributed by atoms with Crippen LogP contribution in [0.5, 0.6) is 0 Å². The molecule has 1 aliphatic rings. The van der Waals surface area contributed by atoms with Crippen LogP contribution in [0.25, 0.3) is 0 Å². The number of hydrogen-bond acceptors (Lipinski definition) is 4. The number of aryl methyl sites for hydroxylation is 2. The Balaban J connectivity index is 2.04. The number of rotatable bonds is 7. The van der Waals surface area contributed by atoms with Gasteiger partial charge in [-0.15, -0.1) is 0 Å². The Morgan fingerprint density at radius 2 is 2.07 bits per heavy atom. The van der Waals surface area contributed by atoms with Crippen molar-refractivity contribution in [3.05, 3.63) is 17.0 Å². The highest BCUT2D eigenvalue weighted by Gasteiger charge is 2.23. The van der Waals surface area contributed by atoms with Crippen molar-refractivity contribution in [3.8, 4) is 0 Å². The number of nitrogens with one attached hydrogen (secondary N) is 2. The first-order valence-electron chi connectivity index (χ1n) is 9.78. The van der Waals surface area contributed by atoms with Crippen molar-refractivity contribution in [2.45, 2.75) is 46.2 Å². The molecule has 8 heteroatoms. The van der Waals surface area contributed by atoms with Gasteiger partial charge in [0.05, 0.1) is 18.8 Å². The van der Waals surface area contributed by atoms with Gasteiger partial charge in [0.2, 0.25) is 5.91 Å². The zero-order valence-corrected chi connectivity index (χ0v) is 17.7. The summed E-state index contributed by atoms with van der Waals surface area (Å²) in [6.07, 6.45) is 2.44. The number of nitrogens with zero attached hydrogens (tertiary/aromatic N) is 5. The molecule has 1 amide bonds. The molecule has 8 nitrogen and oxygen atoms in total. The van der Waals surface area contributed by atoms with E-state index in [0.717, 1.165) is 36.6 Å². The fourth-order valence-electron chi connectivity index (χ4n) is 3.45. The van der Waals surface area contributed by atoms with Crippen molar-refractivity contribution >= 4 is 11.9 Å². The quantitative estimate of drug-likeness (QED) is 0.539. The van der Waals surface area contributed by atoms with Crippen molar-refractivity contribution in [1.29, 1.82) is 0 Å². The smallest absolute Gasteiger partial charge is 0.241 e. The van der Waals surface area contributed by atoms with E-state index < -0.39 is 0 Å². The predicted octanol–water partition coefficient (Wildman–Crippen LogP) is 0.645. The summed E-state index contributed by atoms with van der Waals surface area (Å²) in [5.41, 5.74) is 3.25. The Kier molecular flexibility index (Phi) is 7.65. The third-order valence-corrected chi connectivity index (χ3v) is 5.37. The highest BCUT2D eigenvalue weighted by molar-refractivity contribution is 5.86. The lowest BCUT2D eigenvalue weighted by molar-refractivity contribution is -0.127. The Bertz CT molecular complexity index is 665. The van der Waals surface area contributed by atoms with Crippen molar-refractivity contribution in [3.63, 3.8) is 0 Å². The van der Waals surface area contributed by atoms with E-state index in [1.807, 2.05) is 18.7 Å². The molecule has 0 aliphatic carbocycles. The number of likely N-dealkylation sites (tertiary alicyclic amines) is 1. The minimum Gasteiger partial charge on any atom is -0.355 e. The molecule has 1 atom stereocenters. The molecule has 152 valence electrons. The van der Waals surface area contributed by atoms with Gasteiger partial charge in [0.25, 0.3) is 0 Å². The number of likely N-dealkylation sites (N-methyl/N-ethyl adjacent to an activating group) is 2. The number of aliphatic imine (C=N–C) groups is 1. The number of guanidine groups is 1. The van der Waals surface area contributed by atoms with E-state index in [2.05, 4.69) is 34.5 Å². The van der Waals surface area contributed by atoms with Crippen LogP contribution in [0.3, 0.4) is 0 Å². The Labute approximate surface area is 163 Å². The maximum absolute atomic E-state index is 12.0. The zero-order valence-electron chi connectivity index (χ0n) is 17.7. The molecule has 1 saturated heterocycles. The molecule has 0 aromatic carbocycles. The lowest BCUT2D eigenvalue weighted by Gasteiger charge is -2.24. The maximum atomic E-state index is 12.0. The van der Waals surface area contributed by atoms with Crippen LogP contribution in [-0.4, -0.2) is 77.8 Å². The first-order chi connectivity index (χ1) is 12.8. The van der Waals surface area contributed by atoms with Crippen LogP contribution in [0.2, 0.25) is 0 Å². The van der Waals surface area contributed by atoms with E-state index in [0.29, 0.717) is 18.5 Å². The van der Waals surface area contributed by atoms with E-state index in [4.69, 9.17) is 4.99 Å². The molecule has 0 saturated carbocycles. The van der Waals surface area contributed by atoms with Crippen LogP contribution in [0.1, 0.15) is 36.7 Å². The summed E-state index contributed by atoms with van der Waals surface area (Å²) in [5, 5.41) is 11.1. The monoisotopic (exact) mass is 377 g/mol. The van der Waals surface area contributed by atoms with Gasteiger partial charge in [-0.3, -0.25) is 14.4 Å². The molecule has 1 aromatic heterocycles. The van der Waals surface area contributed by atoms with E-state index in [1.165, 1.54) is 12.8 Å². The van der Waals surface area contributed by atoms with Crippen LogP contribution in [0.15, 0.2) is 4.99 Å². The largest absolute Gasteiger partial charge is 0.355 e. The molecular weight excluding hydrogens is 342 g/mol. The summed E-state index contributed by atoms with van der Waals surface area (Å²) in [4.78, 5) is 20.7. The minimum atomic E-state index is 0.0225. The van der Waals surface area contributed by atoms with Gasteiger partial charge in [0.15, 0.2) is 5.96 Å². The second kappa shape index (κ2) is 9.73. The summed E-state index contributed by atoms with van der Waals surface area (Å²) < 4.78 is 1.88. The summed E-state index contributed by atoms with van der Waals surface area (Å²) in [6, 6.07) is 0.522. The molecule has 0 radical (unpaired) electrons. The molecule has 1 aromatic rings. The number of aromatic nitrogens is 2. The van der Waals surface area contributed by atoms with Gasteiger partial charge in [-0.2, -0.15) is 5.10 Å². The van der Waals surface area contributed by atoms with Crippen LogP contribution < -0.4 is 10.6 Å². The maximum Gasteiger partial charge on any atom is 0.241 e. The molecule has 2 N–H and O–H groups in total. The van der Waals surface area contributed by atoms with Crippen LogP contribution in [0, 0.1) is 13.8 Å². The first kappa shape index (κ1) is 21.2. The average Bonchev–Trinajstić information content (AvgIpc) is 3.18. The normalized spacial score (nSPS) is 18.0. The lowest BCUT2D eigenvalue weighted by atomic mass is 10.2. The lowest BCUT2D eigenvalue weighted by Crippen LogP contribution is -2.47. The molecule has 27 heavy (non-hydrogen) atoms. The Morgan fingerprint density at radius 1 is 1.33 bits per heavy atom. The highest BCUT2D eigenvalue weighted by atomic mass is 16.2. The Morgan fingerprint density at radius 3 is 2.67 bits per heavy atom. The molecule has 2 rings (SSSR count). The topological polar surface area (TPSA) is 77.8 Å². The highest BCUT2D eigenvalue weighted by Crippen LogP contribution is 2.16. The van der Waals surface area contributed by atoms with Crippen molar-refractivity contribution in [1.82, 2.24) is 30.2 Å². The van der Waals surface area contributed by atoms with Gasteiger partial charge in [0.1, 0.15) is 0 Å². The van der Waals surface area contributed by atoms with Crippen molar-refractivity contribution in [2.24, 2.45) is 12.0 Å². The van der Waals surface area contributed by atoms with Crippen LogP contribution >= 0.6 is 0 Å². The van der Waals surface area contributed by atoms with Gasteiger partial charge >= 0.3 is 0 Å². The van der Waals surface area contributed by atoms with Gasteiger partial charge in [0, 0.05) is 45.0 Å². The van der Waals surface area contributed by atoms with E-state index in [1.54, 1.807) is 19.0 Å². The third-order valence-electron chi connectivity index (χ3n) is 5.37. The Hall–Kier alpha value is -2.09. The molecule has 2 heterocycles. The van der Waals surface area contributed by atoms with Gasteiger partial charge in [-0.1, -0.05) is 6.92 Å². The van der Waals surface area contributed by atoms with Crippen molar-refractivity contribution in [2.75, 3.05) is 40.3 Å². The predicted molar refractivity (Wildman–Crippen MR) is 109 cm³/mol. The molecule has 0 spiro atoms. The van der Waals surface area contributed by atoms with E-state index >= 15 is 0 Å². The molecule has 1 aliphatic heterocycles. The summed E-state index contributed by atoms with van der Waals surface area (Å²) >= 11 is 0. The fourth-order valence-corrected chi connectivity index (χ4v) is 3.45. The number of amides is 1. The van der Waals surface area contributed by atoms with Crippen LogP contribution in [-0.2, 0) is 18.4 Å². The van der Waals surface area contributed by atoms with E-state index in [9.17, 15) is 4.79 Å². The van der Waals surface area contributed by atoms with Gasteiger partial charge in [-0.05, 0) is 39.8 Å². The first-order valence-corrected chi connectivity index (χ1v) is 9.78. The van der Waals surface area contributed by atoms with Gasteiger partial charge < -0.3 is 15.5 Å². The number of carbonyl (C=O) groups is 1. The van der Waals surface area contributed by atoms with Crippen molar-refractivity contribution < 1.29 is 4.79 Å². The SMILES string of the molecule is CCN1CCCC1CNC(=NCc1c(C)nn(C)c1C)NCC(=O)N(C)C. The summed E-state index contributed by atoms with van der Waals surface area (Å²) in [5.74, 6) is 0.699. The molecule has 1 fully saturated rings. The van der Waals surface area contributed by atoms with Crippen LogP contribution in [0.4, 0.5) is 0 Å². The molecule has 0 bridgehead atoms. The molecular formula is C19H35N7O.